The van der Waals surface area contributed by atoms with Gasteiger partial charge in [-0.1, -0.05) is 15.9 Å². The first kappa shape index (κ1) is 20.1. The summed E-state index contributed by atoms with van der Waals surface area (Å²) in [5, 5.41) is 2.88. The van der Waals surface area contributed by atoms with Gasteiger partial charge >= 0.3 is 0 Å². The van der Waals surface area contributed by atoms with Gasteiger partial charge in [0.2, 0.25) is 11.8 Å². The highest BCUT2D eigenvalue weighted by atomic mass is 79.9. The molecule has 0 aliphatic heterocycles. The number of amides is 2. The first-order chi connectivity index (χ1) is 10.8. The van der Waals surface area contributed by atoms with Crippen molar-refractivity contribution in [3.63, 3.8) is 0 Å². The van der Waals surface area contributed by atoms with Gasteiger partial charge in [0.05, 0.1) is 18.3 Å². The van der Waals surface area contributed by atoms with Gasteiger partial charge in [0, 0.05) is 22.0 Å². The van der Waals surface area contributed by atoms with Crippen molar-refractivity contribution in [1.29, 1.82) is 0 Å². The van der Waals surface area contributed by atoms with Crippen LogP contribution in [-0.2, 0) is 9.59 Å². The molecule has 0 aliphatic carbocycles. The molecule has 1 atom stereocenters. The fourth-order valence-electron chi connectivity index (χ4n) is 2.05. The van der Waals surface area contributed by atoms with Gasteiger partial charge in [-0.25, -0.2) is 0 Å². The molecular formula is C16H23Br2N3O2. The number of benzene rings is 1. The number of carbonyl (C=O) groups excluding carboxylic acids is 2. The van der Waals surface area contributed by atoms with Gasteiger partial charge in [-0.05, 0) is 61.9 Å². The Kier molecular flexibility index (Phi) is 8.22. The zero-order valence-electron chi connectivity index (χ0n) is 13.9. The van der Waals surface area contributed by atoms with Crippen LogP contribution >= 0.6 is 31.9 Å². The highest BCUT2D eigenvalue weighted by Gasteiger charge is 2.22. The minimum absolute atomic E-state index is 0.0296. The third-order valence-electron chi connectivity index (χ3n) is 3.73. The standard InChI is InChI=1S/C16H23Br2N3O2/c1-5-21(6-2)15(22)10-20(4)11(3)16(23)19-14-8-7-12(17)9-13(14)18/h7-9,11H,5-6,10H2,1-4H3,(H,19,23). The molecule has 0 saturated heterocycles. The third kappa shape index (κ3) is 5.90. The summed E-state index contributed by atoms with van der Waals surface area (Å²) in [6, 6.07) is 5.14. The Labute approximate surface area is 154 Å². The second kappa shape index (κ2) is 9.39. The molecule has 0 fully saturated rings. The van der Waals surface area contributed by atoms with Gasteiger partial charge in [0.1, 0.15) is 0 Å². The fourth-order valence-corrected chi connectivity index (χ4v) is 3.20. The quantitative estimate of drug-likeness (QED) is 0.695. The maximum atomic E-state index is 12.4. The average Bonchev–Trinajstić information content (AvgIpc) is 2.50. The van der Waals surface area contributed by atoms with E-state index in [4.69, 9.17) is 0 Å². The molecule has 0 saturated carbocycles. The van der Waals surface area contributed by atoms with E-state index in [1.165, 1.54) is 0 Å². The molecule has 0 aromatic heterocycles. The maximum Gasteiger partial charge on any atom is 0.241 e. The van der Waals surface area contributed by atoms with Gasteiger partial charge in [-0.3, -0.25) is 14.5 Å². The summed E-state index contributed by atoms with van der Waals surface area (Å²) in [6.07, 6.45) is 0. The third-order valence-corrected chi connectivity index (χ3v) is 4.88. The van der Waals surface area contributed by atoms with E-state index in [0.717, 1.165) is 8.95 Å². The van der Waals surface area contributed by atoms with Crippen LogP contribution in [0.2, 0.25) is 0 Å². The zero-order valence-corrected chi connectivity index (χ0v) is 17.1. The molecule has 0 aliphatic rings. The highest BCUT2D eigenvalue weighted by molar-refractivity contribution is 9.11. The number of carbonyl (C=O) groups is 2. The molecule has 0 spiro atoms. The molecule has 0 bridgehead atoms. The second-order valence-corrected chi connectivity index (χ2v) is 7.04. The van der Waals surface area contributed by atoms with Crippen LogP contribution in [0.15, 0.2) is 27.1 Å². The van der Waals surface area contributed by atoms with Crippen LogP contribution in [0.1, 0.15) is 20.8 Å². The van der Waals surface area contributed by atoms with Crippen LogP contribution in [0.25, 0.3) is 0 Å². The van der Waals surface area contributed by atoms with Crippen molar-refractivity contribution in [2.75, 3.05) is 32.0 Å². The minimum atomic E-state index is -0.412. The lowest BCUT2D eigenvalue weighted by Crippen LogP contribution is -2.46. The largest absolute Gasteiger partial charge is 0.342 e. The number of nitrogens with one attached hydrogen (secondary N) is 1. The van der Waals surface area contributed by atoms with Crippen LogP contribution in [0.4, 0.5) is 5.69 Å². The normalized spacial score (nSPS) is 12.1. The van der Waals surface area contributed by atoms with Crippen molar-refractivity contribution >= 4 is 49.4 Å². The van der Waals surface area contributed by atoms with E-state index in [9.17, 15) is 9.59 Å². The topological polar surface area (TPSA) is 52.7 Å². The zero-order chi connectivity index (χ0) is 17.6. The molecule has 128 valence electrons. The summed E-state index contributed by atoms with van der Waals surface area (Å²) in [7, 11) is 1.78. The van der Waals surface area contributed by atoms with E-state index in [1.807, 2.05) is 32.0 Å². The van der Waals surface area contributed by atoms with E-state index in [0.29, 0.717) is 18.8 Å². The summed E-state index contributed by atoms with van der Waals surface area (Å²) in [4.78, 5) is 28.0. The molecule has 5 nitrogen and oxygen atoms in total. The van der Waals surface area contributed by atoms with E-state index in [-0.39, 0.29) is 18.4 Å². The number of anilines is 1. The molecule has 23 heavy (non-hydrogen) atoms. The molecule has 1 unspecified atom stereocenters. The first-order valence-corrected chi connectivity index (χ1v) is 9.12. The predicted molar refractivity (Wildman–Crippen MR) is 100 cm³/mol. The highest BCUT2D eigenvalue weighted by Crippen LogP contribution is 2.26. The Morgan fingerprint density at radius 3 is 2.35 bits per heavy atom. The lowest BCUT2D eigenvalue weighted by molar-refractivity contribution is -0.133. The molecule has 0 radical (unpaired) electrons. The van der Waals surface area contributed by atoms with Gasteiger partial charge in [-0.2, -0.15) is 0 Å². The van der Waals surface area contributed by atoms with E-state index in [2.05, 4.69) is 37.2 Å². The number of hydrogen-bond acceptors (Lipinski definition) is 3. The molecule has 2 amide bonds. The van der Waals surface area contributed by atoms with E-state index in [1.54, 1.807) is 23.8 Å². The number of nitrogens with zero attached hydrogens (tertiary/aromatic N) is 2. The Hall–Kier alpha value is -0.920. The molecular weight excluding hydrogens is 426 g/mol. The number of rotatable bonds is 7. The van der Waals surface area contributed by atoms with Gasteiger partial charge in [0.15, 0.2) is 0 Å². The number of likely N-dealkylation sites (N-methyl/N-ethyl adjacent to an activating group) is 2. The van der Waals surface area contributed by atoms with Crippen molar-refractivity contribution in [3.05, 3.63) is 27.1 Å². The lowest BCUT2D eigenvalue weighted by atomic mass is 10.2. The smallest absolute Gasteiger partial charge is 0.241 e. The summed E-state index contributed by atoms with van der Waals surface area (Å²) in [5.41, 5.74) is 0.702. The molecule has 0 heterocycles. The SMILES string of the molecule is CCN(CC)C(=O)CN(C)C(C)C(=O)Nc1ccc(Br)cc1Br. The molecule has 1 aromatic rings. The molecule has 1 rings (SSSR count). The summed E-state index contributed by atoms with van der Waals surface area (Å²) >= 11 is 6.80. The molecule has 1 N–H and O–H groups in total. The second-order valence-electron chi connectivity index (χ2n) is 5.27. The Morgan fingerprint density at radius 2 is 1.83 bits per heavy atom. The maximum absolute atomic E-state index is 12.4. The fraction of sp³-hybridized carbons (Fsp3) is 0.500. The molecule has 1 aromatic carbocycles. The van der Waals surface area contributed by atoms with Gasteiger partial charge in [0.25, 0.3) is 0 Å². The Balaban J connectivity index is 2.66. The van der Waals surface area contributed by atoms with Gasteiger partial charge in [-0.15, -0.1) is 0 Å². The number of halogens is 2. The van der Waals surface area contributed by atoms with Crippen molar-refractivity contribution in [2.45, 2.75) is 26.8 Å². The van der Waals surface area contributed by atoms with Crippen LogP contribution < -0.4 is 5.32 Å². The van der Waals surface area contributed by atoms with Crippen molar-refractivity contribution < 1.29 is 9.59 Å². The van der Waals surface area contributed by atoms with Crippen LogP contribution in [-0.4, -0.2) is 54.3 Å². The van der Waals surface area contributed by atoms with Crippen LogP contribution in [0.3, 0.4) is 0 Å². The Morgan fingerprint density at radius 1 is 1.22 bits per heavy atom. The summed E-state index contributed by atoms with van der Waals surface area (Å²) in [5.74, 6) is -0.121. The lowest BCUT2D eigenvalue weighted by Gasteiger charge is -2.26. The summed E-state index contributed by atoms with van der Waals surface area (Å²) in [6.45, 7) is 7.26. The average molecular weight is 449 g/mol. The summed E-state index contributed by atoms with van der Waals surface area (Å²) < 4.78 is 1.73. The van der Waals surface area contributed by atoms with Crippen molar-refractivity contribution in [1.82, 2.24) is 9.80 Å². The van der Waals surface area contributed by atoms with Crippen molar-refractivity contribution in [2.24, 2.45) is 0 Å². The number of hydrogen-bond donors (Lipinski definition) is 1. The van der Waals surface area contributed by atoms with E-state index < -0.39 is 6.04 Å². The predicted octanol–water partition coefficient (Wildman–Crippen LogP) is 3.34. The van der Waals surface area contributed by atoms with Crippen LogP contribution in [0.5, 0.6) is 0 Å². The Bertz CT molecular complexity index is 562. The van der Waals surface area contributed by atoms with Crippen molar-refractivity contribution in [3.8, 4) is 0 Å². The monoisotopic (exact) mass is 447 g/mol. The molecule has 7 heteroatoms. The minimum Gasteiger partial charge on any atom is -0.342 e. The first-order valence-electron chi connectivity index (χ1n) is 7.54. The van der Waals surface area contributed by atoms with E-state index >= 15 is 0 Å². The van der Waals surface area contributed by atoms with Gasteiger partial charge < -0.3 is 10.2 Å². The van der Waals surface area contributed by atoms with Crippen LogP contribution in [0, 0.1) is 0 Å².